The summed E-state index contributed by atoms with van der Waals surface area (Å²) in [7, 11) is 0. The number of thioether (sulfide) groups is 1. The molecule has 1 saturated carbocycles. The summed E-state index contributed by atoms with van der Waals surface area (Å²) in [5.41, 5.74) is 5.55. The second kappa shape index (κ2) is 8.79. The van der Waals surface area contributed by atoms with Gasteiger partial charge in [-0.25, -0.2) is 9.97 Å². The molecular weight excluding hydrogens is 416 g/mol. The van der Waals surface area contributed by atoms with Gasteiger partial charge >= 0.3 is 0 Å². The van der Waals surface area contributed by atoms with E-state index < -0.39 is 0 Å². The number of hydrogen-bond donors (Lipinski definition) is 1. The molecule has 6 heteroatoms. The van der Waals surface area contributed by atoms with Crippen LogP contribution in [0.15, 0.2) is 72.0 Å². The zero-order valence-corrected chi connectivity index (χ0v) is 19.1. The van der Waals surface area contributed by atoms with E-state index in [9.17, 15) is 4.79 Å². The van der Waals surface area contributed by atoms with E-state index in [0.29, 0.717) is 17.5 Å². The van der Waals surface area contributed by atoms with Crippen molar-refractivity contribution in [1.82, 2.24) is 19.7 Å². The predicted molar refractivity (Wildman–Crippen MR) is 130 cm³/mol. The lowest BCUT2D eigenvalue weighted by atomic mass is 10.1. The van der Waals surface area contributed by atoms with Gasteiger partial charge in [-0.15, -0.1) is 11.8 Å². The van der Waals surface area contributed by atoms with Crippen LogP contribution in [0.4, 0.5) is 0 Å². The molecule has 5 rings (SSSR count). The van der Waals surface area contributed by atoms with Gasteiger partial charge in [-0.2, -0.15) is 0 Å². The molecule has 0 aliphatic heterocycles. The maximum absolute atomic E-state index is 12.3. The molecule has 2 heterocycles. The molecule has 0 unspecified atom stereocenters. The minimum absolute atomic E-state index is 0.000118. The molecule has 1 aliphatic rings. The molecule has 1 amide bonds. The molecule has 32 heavy (non-hydrogen) atoms. The van der Waals surface area contributed by atoms with Gasteiger partial charge in [-0.3, -0.25) is 9.20 Å². The molecule has 0 radical (unpaired) electrons. The van der Waals surface area contributed by atoms with Crippen molar-refractivity contribution in [2.75, 3.05) is 5.75 Å². The molecule has 1 fully saturated rings. The summed E-state index contributed by atoms with van der Waals surface area (Å²) in [5, 5.41) is 3.98. The van der Waals surface area contributed by atoms with Crippen LogP contribution in [0.25, 0.3) is 28.2 Å². The first-order valence-corrected chi connectivity index (χ1v) is 12.0. The topological polar surface area (TPSA) is 59.3 Å². The quantitative estimate of drug-likeness (QED) is 0.373. The van der Waals surface area contributed by atoms with Gasteiger partial charge in [0.05, 0.1) is 17.6 Å². The average molecular weight is 443 g/mol. The van der Waals surface area contributed by atoms with Crippen molar-refractivity contribution in [3.05, 3.63) is 72.6 Å². The Morgan fingerprint density at radius 1 is 1.09 bits per heavy atom. The smallest absolute Gasteiger partial charge is 0.251 e. The number of fused-ring (bicyclic) bond motifs is 1. The third-order valence-electron chi connectivity index (χ3n) is 5.44. The van der Waals surface area contributed by atoms with Crippen LogP contribution in [-0.2, 0) is 0 Å². The lowest BCUT2D eigenvalue weighted by molar-refractivity contribution is 0.0951. The second-order valence-corrected chi connectivity index (χ2v) is 9.67. The van der Waals surface area contributed by atoms with Crippen LogP contribution in [0.1, 0.15) is 37.0 Å². The van der Waals surface area contributed by atoms with Crippen LogP contribution in [0.2, 0.25) is 0 Å². The number of aromatic nitrogens is 3. The van der Waals surface area contributed by atoms with Crippen molar-refractivity contribution in [2.24, 2.45) is 5.92 Å². The Morgan fingerprint density at radius 3 is 2.53 bits per heavy atom. The average Bonchev–Trinajstić information content (AvgIpc) is 3.53. The Kier molecular flexibility index (Phi) is 5.70. The zero-order chi connectivity index (χ0) is 22.1. The second-order valence-electron chi connectivity index (χ2n) is 8.66. The van der Waals surface area contributed by atoms with Crippen molar-refractivity contribution in [1.29, 1.82) is 0 Å². The van der Waals surface area contributed by atoms with Crippen LogP contribution < -0.4 is 5.32 Å². The van der Waals surface area contributed by atoms with Crippen molar-refractivity contribution in [2.45, 2.75) is 37.8 Å². The fraction of sp³-hybridized carbons (Fsp3) is 0.269. The molecule has 0 saturated heterocycles. The summed E-state index contributed by atoms with van der Waals surface area (Å²) in [6.07, 6.45) is 6.12. The van der Waals surface area contributed by atoms with E-state index >= 15 is 0 Å². The van der Waals surface area contributed by atoms with Gasteiger partial charge in [0.15, 0.2) is 5.65 Å². The highest BCUT2D eigenvalue weighted by Gasteiger charge is 2.23. The van der Waals surface area contributed by atoms with Crippen LogP contribution >= 0.6 is 11.8 Å². The van der Waals surface area contributed by atoms with Gasteiger partial charge < -0.3 is 5.32 Å². The lowest BCUT2D eigenvalue weighted by Crippen LogP contribution is -2.25. The van der Waals surface area contributed by atoms with E-state index in [0.717, 1.165) is 51.8 Å². The van der Waals surface area contributed by atoms with Crippen molar-refractivity contribution >= 4 is 23.3 Å². The molecule has 1 aliphatic carbocycles. The Bertz CT molecular complexity index is 1240. The summed E-state index contributed by atoms with van der Waals surface area (Å²) in [5.74, 6) is 1.54. The van der Waals surface area contributed by atoms with E-state index in [-0.39, 0.29) is 5.91 Å². The minimum Gasteiger partial charge on any atom is -0.349 e. The van der Waals surface area contributed by atoms with Crippen LogP contribution in [0, 0.1) is 5.92 Å². The number of hydrogen-bond acceptors (Lipinski definition) is 4. The van der Waals surface area contributed by atoms with Gasteiger partial charge in [0.2, 0.25) is 0 Å². The van der Waals surface area contributed by atoms with Crippen LogP contribution in [0.5, 0.6) is 0 Å². The number of rotatable bonds is 7. The van der Waals surface area contributed by atoms with Gasteiger partial charge in [0.25, 0.3) is 5.91 Å². The van der Waals surface area contributed by atoms with E-state index in [1.807, 2.05) is 48.7 Å². The van der Waals surface area contributed by atoms with Gasteiger partial charge in [0.1, 0.15) is 5.03 Å². The Balaban J connectivity index is 1.54. The molecule has 162 valence electrons. The standard InChI is InChI=1S/C26H26N4OS/c1-17(2)16-32-26-24-27-14-23(30(24)15-22(29-26)18-6-4-3-5-7-18)19-8-10-20(11-9-19)25(31)28-21-12-13-21/h3-11,14-15,17,21H,12-13,16H2,1-2H3,(H,28,31). The number of benzene rings is 2. The van der Waals surface area contributed by atoms with E-state index in [2.05, 4.69) is 41.9 Å². The lowest BCUT2D eigenvalue weighted by Gasteiger charge is -2.11. The number of carbonyl (C=O) groups excluding carboxylic acids is 1. The number of amides is 1. The number of nitrogens with zero attached hydrogens (tertiary/aromatic N) is 3. The maximum Gasteiger partial charge on any atom is 0.251 e. The fourth-order valence-corrected chi connectivity index (χ4v) is 4.49. The van der Waals surface area contributed by atoms with Crippen molar-refractivity contribution in [3.63, 3.8) is 0 Å². The molecule has 1 N–H and O–H groups in total. The highest BCUT2D eigenvalue weighted by atomic mass is 32.2. The van der Waals surface area contributed by atoms with Gasteiger partial charge in [0, 0.05) is 34.7 Å². The summed E-state index contributed by atoms with van der Waals surface area (Å²) < 4.78 is 2.12. The van der Waals surface area contributed by atoms with Crippen molar-refractivity contribution < 1.29 is 4.79 Å². The molecule has 0 atom stereocenters. The third kappa shape index (κ3) is 4.41. The Morgan fingerprint density at radius 2 is 1.84 bits per heavy atom. The first kappa shape index (κ1) is 20.8. The predicted octanol–water partition coefficient (Wildman–Crippen LogP) is 5.70. The number of imidazole rings is 1. The van der Waals surface area contributed by atoms with Gasteiger partial charge in [-0.1, -0.05) is 56.3 Å². The highest BCUT2D eigenvalue weighted by molar-refractivity contribution is 7.99. The molecule has 0 bridgehead atoms. The Hall–Kier alpha value is -3.12. The summed E-state index contributed by atoms with van der Waals surface area (Å²) in [6, 6.07) is 18.4. The molecule has 2 aromatic carbocycles. The molecule has 4 aromatic rings. The summed E-state index contributed by atoms with van der Waals surface area (Å²) in [4.78, 5) is 22.0. The monoisotopic (exact) mass is 442 g/mol. The molecule has 0 spiro atoms. The molecule has 5 nitrogen and oxygen atoms in total. The minimum atomic E-state index is 0.000118. The summed E-state index contributed by atoms with van der Waals surface area (Å²) in [6.45, 7) is 4.42. The fourth-order valence-electron chi connectivity index (χ4n) is 3.55. The number of nitrogens with one attached hydrogen (secondary N) is 1. The first-order chi connectivity index (χ1) is 15.6. The van der Waals surface area contributed by atoms with E-state index in [1.54, 1.807) is 11.8 Å². The Labute approximate surface area is 192 Å². The largest absolute Gasteiger partial charge is 0.349 e. The first-order valence-electron chi connectivity index (χ1n) is 11.1. The van der Waals surface area contributed by atoms with Gasteiger partial charge in [-0.05, 0) is 30.9 Å². The number of carbonyl (C=O) groups is 1. The maximum atomic E-state index is 12.3. The van der Waals surface area contributed by atoms with E-state index in [1.165, 1.54) is 0 Å². The van der Waals surface area contributed by atoms with Crippen LogP contribution in [-0.4, -0.2) is 32.1 Å². The normalized spacial score (nSPS) is 13.6. The summed E-state index contributed by atoms with van der Waals surface area (Å²) >= 11 is 1.75. The van der Waals surface area contributed by atoms with E-state index in [4.69, 9.17) is 9.97 Å². The zero-order valence-electron chi connectivity index (χ0n) is 18.3. The highest BCUT2D eigenvalue weighted by Crippen LogP contribution is 2.31. The molecule has 2 aromatic heterocycles. The van der Waals surface area contributed by atoms with Crippen molar-refractivity contribution in [3.8, 4) is 22.5 Å². The molecular formula is C26H26N4OS. The third-order valence-corrected chi connectivity index (χ3v) is 6.82. The SMILES string of the molecule is CC(C)CSc1nc(-c2ccccc2)cn2c(-c3ccc(C(=O)NC4CC4)cc3)cnc12. The van der Waals surface area contributed by atoms with Crippen LogP contribution in [0.3, 0.4) is 0 Å².